The molecule has 1 saturated heterocycles. The number of fused-ring (bicyclic) bond motifs is 2. The van der Waals surface area contributed by atoms with Crippen molar-refractivity contribution in [2.24, 2.45) is 0 Å². The van der Waals surface area contributed by atoms with Gasteiger partial charge in [-0.2, -0.15) is 11.8 Å². The third kappa shape index (κ3) is 4.81. The van der Waals surface area contributed by atoms with Crippen LogP contribution >= 0.6 is 11.8 Å². The Morgan fingerprint density at radius 1 is 1.15 bits per heavy atom. The Balaban J connectivity index is 1.63. The lowest BCUT2D eigenvalue weighted by atomic mass is 10.1. The zero-order chi connectivity index (χ0) is 23.5. The molecule has 0 saturated carbocycles. The number of hydrogen-bond donors (Lipinski definition) is 1. The molecule has 1 fully saturated rings. The van der Waals surface area contributed by atoms with E-state index in [1.54, 1.807) is 35.0 Å². The molecule has 33 heavy (non-hydrogen) atoms. The van der Waals surface area contributed by atoms with Crippen molar-refractivity contribution in [2.75, 3.05) is 52.0 Å². The van der Waals surface area contributed by atoms with E-state index in [2.05, 4.69) is 10.2 Å². The summed E-state index contributed by atoms with van der Waals surface area (Å²) in [6.07, 6.45) is 4.03. The van der Waals surface area contributed by atoms with Crippen LogP contribution in [-0.4, -0.2) is 84.3 Å². The molecule has 2 aromatic rings. The fraction of sp³-hybridized carbons (Fsp3) is 0.522. The van der Waals surface area contributed by atoms with Crippen molar-refractivity contribution in [3.05, 3.63) is 34.1 Å². The van der Waals surface area contributed by atoms with Gasteiger partial charge < -0.3 is 29.2 Å². The van der Waals surface area contributed by atoms with E-state index in [4.69, 9.17) is 9.47 Å². The van der Waals surface area contributed by atoms with Crippen LogP contribution in [0.3, 0.4) is 0 Å². The molecule has 9 nitrogen and oxygen atoms in total. The highest BCUT2D eigenvalue weighted by Crippen LogP contribution is 2.35. The quantitative estimate of drug-likeness (QED) is 0.648. The lowest BCUT2D eigenvalue weighted by Crippen LogP contribution is -2.54. The van der Waals surface area contributed by atoms with Crippen LogP contribution in [0.25, 0.3) is 10.9 Å². The smallest absolute Gasteiger partial charge is 0.257 e. The predicted molar refractivity (Wildman–Crippen MR) is 128 cm³/mol. The van der Waals surface area contributed by atoms with Crippen molar-refractivity contribution >= 4 is 34.5 Å². The maximum atomic E-state index is 13.3. The minimum absolute atomic E-state index is 0.0172. The normalized spacial score (nSPS) is 16.8. The molecule has 178 valence electrons. The topological polar surface area (TPSA) is 93.1 Å². The van der Waals surface area contributed by atoms with Crippen molar-refractivity contribution in [3.8, 4) is 11.5 Å². The van der Waals surface area contributed by atoms with Gasteiger partial charge in [-0.1, -0.05) is 0 Å². The number of nitrogens with zero attached hydrogens (tertiary/aromatic N) is 3. The standard InChI is InChI=1S/C23H30N4O5S/c1-4-26-13-16(21(28)15-11-19-20(12-18(15)26)32-14-31-19)22(29)24-17(5-10-33-3)23(30)27-8-6-25(2)7-9-27/h11-13,17H,4-10,14H2,1-3H3,(H,24,29). The minimum Gasteiger partial charge on any atom is -0.454 e. The minimum atomic E-state index is -0.671. The fourth-order valence-corrected chi connectivity index (χ4v) is 4.65. The van der Waals surface area contributed by atoms with Gasteiger partial charge in [-0.15, -0.1) is 0 Å². The van der Waals surface area contributed by atoms with Crippen LogP contribution in [0.1, 0.15) is 23.7 Å². The van der Waals surface area contributed by atoms with Gasteiger partial charge in [-0.3, -0.25) is 14.4 Å². The molecule has 1 unspecified atom stereocenters. The Morgan fingerprint density at radius 2 is 1.85 bits per heavy atom. The number of aromatic nitrogens is 1. The average molecular weight is 475 g/mol. The summed E-state index contributed by atoms with van der Waals surface area (Å²) in [5.74, 6) is 1.17. The van der Waals surface area contributed by atoms with Crippen molar-refractivity contribution in [1.82, 2.24) is 19.7 Å². The zero-order valence-electron chi connectivity index (χ0n) is 19.3. The van der Waals surface area contributed by atoms with Crippen LogP contribution < -0.4 is 20.2 Å². The Morgan fingerprint density at radius 3 is 2.52 bits per heavy atom. The number of thioether (sulfide) groups is 1. The molecule has 0 radical (unpaired) electrons. The lowest BCUT2D eigenvalue weighted by Gasteiger charge is -2.34. The van der Waals surface area contributed by atoms with E-state index >= 15 is 0 Å². The van der Waals surface area contributed by atoms with Crippen LogP contribution in [0.5, 0.6) is 11.5 Å². The van der Waals surface area contributed by atoms with E-state index in [-0.39, 0.29) is 23.7 Å². The van der Waals surface area contributed by atoms with Gasteiger partial charge in [0.15, 0.2) is 11.5 Å². The molecule has 0 spiro atoms. The molecule has 1 atom stereocenters. The molecule has 1 aromatic carbocycles. The molecular formula is C23H30N4O5S. The summed E-state index contributed by atoms with van der Waals surface area (Å²) in [5.41, 5.74) is 0.306. The van der Waals surface area contributed by atoms with E-state index in [0.29, 0.717) is 48.5 Å². The Kier molecular flexibility index (Phi) is 7.14. The Labute approximate surface area is 197 Å². The number of likely N-dealkylation sites (N-methyl/N-ethyl adjacent to an activating group) is 1. The molecule has 2 amide bonds. The van der Waals surface area contributed by atoms with Gasteiger partial charge in [0.2, 0.25) is 18.1 Å². The molecule has 0 bridgehead atoms. The number of nitrogens with one attached hydrogen (secondary N) is 1. The summed E-state index contributed by atoms with van der Waals surface area (Å²) in [7, 11) is 2.03. The zero-order valence-corrected chi connectivity index (χ0v) is 20.1. The summed E-state index contributed by atoms with van der Waals surface area (Å²) in [6, 6.07) is 2.72. The molecule has 1 aromatic heterocycles. The second-order valence-corrected chi connectivity index (χ2v) is 9.30. The number of aryl methyl sites for hydroxylation is 1. The van der Waals surface area contributed by atoms with Gasteiger partial charge in [0, 0.05) is 45.0 Å². The number of carbonyl (C=O) groups is 2. The van der Waals surface area contributed by atoms with Crippen molar-refractivity contribution in [3.63, 3.8) is 0 Å². The van der Waals surface area contributed by atoms with E-state index in [1.165, 1.54) is 0 Å². The summed E-state index contributed by atoms with van der Waals surface area (Å²) in [5, 5.41) is 3.25. The van der Waals surface area contributed by atoms with Crippen LogP contribution in [0, 0.1) is 0 Å². The number of rotatable bonds is 7. The highest BCUT2D eigenvalue weighted by Gasteiger charge is 2.29. The monoisotopic (exact) mass is 474 g/mol. The first-order valence-electron chi connectivity index (χ1n) is 11.2. The average Bonchev–Trinajstić information content (AvgIpc) is 3.28. The van der Waals surface area contributed by atoms with Gasteiger partial charge >= 0.3 is 0 Å². The van der Waals surface area contributed by atoms with Crippen LogP contribution in [-0.2, 0) is 11.3 Å². The number of ether oxygens (including phenoxy) is 2. The SMILES string of the molecule is CCn1cc(C(=O)NC(CCSC)C(=O)N2CCN(C)CC2)c(=O)c2cc3c(cc21)OCO3. The van der Waals surface area contributed by atoms with Crippen LogP contribution in [0.2, 0.25) is 0 Å². The van der Waals surface area contributed by atoms with Gasteiger partial charge in [0.05, 0.1) is 10.9 Å². The number of amides is 2. The molecule has 0 aliphatic carbocycles. The Bertz CT molecular complexity index is 1110. The van der Waals surface area contributed by atoms with Gasteiger partial charge in [-0.05, 0) is 38.5 Å². The van der Waals surface area contributed by atoms with E-state index < -0.39 is 11.9 Å². The van der Waals surface area contributed by atoms with Crippen LogP contribution in [0.15, 0.2) is 23.1 Å². The van der Waals surface area contributed by atoms with Gasteiger partial charge in [-0.25, -0.2) is 0 Å². The first-order valence-corrected chi connectivity index (χ1v) is 12.6. The fourth-order valence-electron chi connectivity index (χ4n) is 4.18. The largest absolute Gasteiger partial charge is 0.454 e. The number of hydrogen-bond acceptors (Lipinski definition) is 7. The van der Waals surface area contributed by atoms with E-state index in [0.717, 1.165) is 18.8 Å². The van der Waals surface area contributed by atoms with Crippen LogP contribution in [0.4, 0.5) is 0 Å². The highest BCUT2D eigenvalue weighted by molar-refractivity contribution is 7.98. The predicted octanol–water partition coefficient (Wildman–Crippen LogP) is 1.38. The second kappa shape index (κ2) is 10.0. The van der Waals surface area contributed by atoms with Crippen molar-refractivity contribution in [1.29, 1.82) is 0 Å². The van der Waals surface area contributed by atoms with Crippen molar-refractivity contribution in [2.45, 2.75) is 25.9 Å². The summed E-state index contributed by atoms with van der Waals surface area (Å²) < 4.78 is 12.7. The maximum absolute atomic E-state index is 13.3. The second-order valence-electron chi connectivity index (χ2n) is 8.32. The van der Waals surface area contributed by atoms with E-state index in [9.17, 15) is 14.4 Å². The first-order chi connectivity index (χ1) is 15.9. The third-order valence-corrected chi connectivity index (χ3v) is 6.83. The third-order valence-electron chi connectivity index (χ3n) is 6.19. The molecule has 2 aliphatic rings. The van der Waals surface area contributed by atoms with Crippen molar-refractivity contribution < 1.29 is 19.1 Å². The Hall–Kier alpha value is -2.72. The number of pyridine rings is 1. The number of piperazine rings is 1. The molecular weight excluding hydrogens is 444 g/mol. The summed E-state index contributed by atoms with van der Waals surface area (Å²) in [4.78, 5) is 43.7. The van der Waals surface area contributed by atoms with E-state index in [1.807, 2.05) is 24.8 Å². The van der Waals surface area contributed by atoms with Gasteiger partial charge in [0.1, 0.15) is 11.6 Å². The molecule has 2 aliphatic heterocycles. The highest BCUT2D eigenvalue weighted by atomic mass is 32.2. The molecule has 1 N–H and O–H groups in total. The maximum Gasteiger partial charge on any atom is 0.257 e. The first kappa shape index (κ1) is 23.4. The summed E-state index contributed by atoms with van der Waals surface area (Å²) in [6.45, 7) is 5.47. The molecule has 10 heteroatoms. The number of carbonyl (C=O) groups excluding carboxylic acids is 2. The van der Waals surface area contributed by atoms with Gasteiger partial charge in [0.25, 0.3) is 5.91 Å². The molecule has 3 heterocycles. The lowest BCUT2D eigenvalue weighted by molar-refractivity contribution is -0.134. The summed E-state index contributed by atoms with van der Waals surface area (Å²) >= 11 is 1.62. The molecule has 4 rings (SSSR count). The number of benzene rings is 1.